The topological polar surface area (TPSA) is 59.1 Å². The Hall–Kier alpha value is -0.940. The Morgan fingerprint density at radius 2 is 2.00 bits per heavy atom. The van der Waals surface area contributed by atoms with Crippen LogP contribution in [0, 0.1) is 6.92 Å². The summed E-state index contributed by atoms with van der Waals surface area (Å²) in [6.45, 7) is 8.34. The number of pyridine rings is 1. The SMILES string of the molecule is Cc1cnccc1CNCCS(=O)(=O)C(C)(C)C. The summed E-state index contributed by atoms with van der Waals surface area (Å²) in [6.07, 6.45) is 3.55. The van der Waals surface area contributed by atoms with Crippen molar-refractivity contribution in [3.63, 3.8) is 0 Å². The monoisotopic (exact) mass is 270 g/mol. The Labute approximate surface area is 110 Å². The van der Waals surface area contributed by atoms with Gasteiger partial charge in [0.25, 0.3) is 0 Å². The minimum atomic E-state index is -3.04. The van der Waals surface area contributed by atoms with Crippen LogP contribution in [0.25, 0.3) is 0 Å². The molecule has 4 nitrogen and oxygen atoms in total. The average Bonchev–Trinajstić information content (AvgIpc) is 2.25. The molecule has 0 aliphatic rings. The third-order valence-corrected chi connectivity index (χ3v) is 5.54. The number of nitrogens with one attached hydrogen (secondary N) is 1. The molecule has 0 aliphatic carbocycles. The normalized spacial score (nSPS) is 12.7. The number of rotatable bonds is 5. The van der Waals surface area contributed by atoms with Gasteiger partial charge in [-0.2, -0.15) is 0 Å². The van der Waals surface area contributed by atoms with Gasteiger partial charge in [0.05, 0.1) is 10.5 Å². The Balaban J connectivity index is 2.43. The van der Waals surface area contributed by atoms with Gasteiger partial charge in [-0.1, -0.05) is 0 Å². The van der Waals surface area contributed by atoms with Gasteiger partial charge in [-0.25, -0.2) is 8.42 Å². The highest BCUT2D eigenvalue weighted by molar-refractivity contribution is 7.92. The van der Waals surface area contributed by atoms with Crippen molar-refractivity contribution >= 4 is 9.84 Å². The van der Waals surface area contributed by atoms with E-state index in [9.17, 15) is 8.42 Å². The molecule has 0 radical (unpaired) electrons. The molecule has 1 rings (SSSR count). The summed E-state index contributed by atoms with van der Waals surface area (Å²) in [4.78, 5) is 4.02. The van der Waals surface area contributed by atoms with E-state index in [4.69, 9.17) is 0 Å². The molecule has 0 unspecified atom stereocenters. The first-order chi connectivity index (χ1) is 8.24. The van der Waals surface area contributed by atoms with Gasteiger partial charge >= 0.3 is 0 Å². The summed E-state index contributed by atoms with van der Waals surface area (Å²) in [6, 6.07) is 1.95. The second-order valence-corrected chi connectivity index (χ2v) is 8.27. The Morgan fingerprint density at radius 3 is 2.56 bits per heavy atom. The Morgan fingerprint density at radius 1 is 1.33 bits per heavy atom. The first kappa shape index (κ1) is 15.1. The minimum absolute atomic E-state index is 0.167. The van der Waals surface area contributed by atoms with Crippen molar-refractivity contribution in [1.29, 1.82) is 0 Å². The van der Waals surface area contributed by atoms with Crippen LogP contribution in [0.5, 0.6) is 0 Å². The van der Waals surface area contributed by atoms with E-state index in [0.29, 0.717) is 13.1 Å². The fourth-order valence-electron chi connectivity index (χ4n) is 1.44. The molecule has 18 heavy (non-hydrogen) atoms. The van der Waals surface area contributed by atoms with E-state index in [-0.39, 0.29) is 5.75 Å². The third-order valence-electron chi connectivity index (χ3n) is 2.93. The highest BCUT2D eigenvalue weighted by Gasteiger charge is 2.27. The van der Waals surface area contributed by atoms with Crippen LogP contribution in [0.15, 0.2) is 18.5 Å². The largest absolute Gasteiger partial charge is 0.312 e. The van der Waals surface area contributed by atoms with Gasteiger partial charge in [0.15, 0.2) is 9.84 Å². The number of sulfone groups is 1. The number of aromatic nitrogens is 1. The molecule has 5 heteroatoms. The fourth-order valence-corrected chi connectivity index (χ4v) is 2.46. The summed E-state index contributed by atoms with van der Waals surface area (Å²) in [5, 5.41) is 3.16. The quantitative estimate of drug-likeness (QED) is 0.827. The van der Waals surface area contributed by atoms with E-state index in [1.165, 1.54) is 0 Å². The van der Waals surface area contributed by atoms with Gasteiger partial charge in [0, 0.05) is 25.5 Å². The van der Waals surface area contributed by atoms with Crippen LogP contribution in [0.3, 0.4) is 0 Å². The zero-order valence-electron chi connectivity index (χ0n) is 11.5. The number of nitrogens with zero attached hydrogens (tertiary/aromatic N) is 1. The molecule has 0 aromatic carbocycles. The number of aryl methyl sites for hydroxylation is 1. The van der Waals surface area contributed by atoms with Gasteiger partial charge in [-0.3, -0.25) is 4.98 Å². The molecule has 1 N–H and O–H groups in total. The predicted octanol–water partition coefficient (Wildman–Crippen LogP) is 1.69. The summed E-state index contributed by atoms with van der Waals surface area (Å²) in [7, 11) is -3.04. The molecular formula is C13H22N2O2S. The van der Waals surface area contributed by atoms with Crippen molar-refractivity contribution in [2.24, 2.45) is 0 Å². The molecule has 0 amide bonds. The lowest BCUT2D eigenvalue weighted by Gasteiger charge is -2.19. The van der Waals surface area contributed by atoms with E-state index in [2.05, 4.69) is 10.3 Å². The summed E-state index contributed by atoms with van der Waals surface area (Å²) in [5.74, 6) is 0.167. The first-order valence-corrected chi connectivity index (χ1v) is 7.72. The molecule has 1 heterocycles. The third kappa shape index (κ3) is 4.07. The summed E-state index contributed by atoms with van der Waals surface area (Å²) < 4.78 is 23.1. The molecule has 0 saturated heterocycles. The first-order valence-electron chi connectivity index (χ1n) is 6.06. The van der Waals surface area contributed by atoms with E-state index in [1.807, 2.05) is 19.2 Å². The maximum absolute atomic E-state index is 11.9. The Bertz CT molecular complexity index is 490. The lowest BCUT2D eigenvalue weighted by atomic mass is 10.1. The van der Waals surface area contributed by atoms with Crippen LogP contribution < -0.4 is 5.32 Å². The van der Waals surface area contributed by atoms with E-state index in [0.717, 1.165) is 11.1 Å². The molecule has 1 aromatic rings. The van der Waals surface area contributed by atoms with Gasteiger partial charge < -0.3 is 5.32 Å². The number of hydrogen-bond donors (Lipinski definition) is 1. The Kier molecular flexibility index (Phi) is 4.87. The lowest BCUT2D eigenvalue weighted by Crippen LogP contribution is -2.34. The van der Waals surface area contributed by atoms with Gasteiger partial charge in [-0.15, -0.1) is 0 Å². The van der Waals surface area contributed by atoms with Crippen molar-refractivity contribution in [1.82, 2.24) is 10.3 Å². The smallest absolute Gasteiger partial charge is 0.156 e. The van der Waals surface area contributed by atoms with E-state index < -0.39 is 14.6 Å². The van der Waals surface area contributed by atoms with Crippen molar-refractivity contribution < 1.29 is 8.42 Å². The van der Waals surface area contributed by atoms with Gasteiger partial charge in [0.1, 0.15) is 0 Å². The van der Waals surface area contributed by atoms with Gasteiger partial charge in [-0.05, 0) is 44.9 Å². The zero-order valence-corrected chi connectivity index (χ0v) is 12.3. The maximum Gasteiger partial charge on any atom is 0.156 e. The standard InChI is InChI=1S/C13H22N2O2S/c1-11-9-14-6-5-12(11)10-15-7-8-18(16,17)13(2,3)4/h5-6,9,15H,7-8,10H2,1-4H3. The highest BCUT2D eigenvalue weighted by atomic mass is 32.2. The van der Waals surface area contributed by atoms with Crippen LogP contribution in [0.4, 0.5) is 0 Å². The molecule has 0 atom stereocenters. The van der Waals surface area contributed by atoms with Crippen molar-refractivity contribution in [2.45, 2.75) is 39.0 Å². The molecule has 0 aliphatic heterocycles. The highest BCUT2D eigenvalue weighted by Crippen LogP contribution is 2.15. The van der Waals surface area contributed by atoms with E-state index >= 15 is 0 Å². The van der Waals surface area contributed by atoms with Crippen LogP contribution in [-0.4, -0.2) is 30.4 Å². The average molecular weight is 270 g/mol. The number of hydrogen-bond acceptors (Lipinski definition) is 4. The van der Waals surface area contributed by atoms with Crippen molar-refractivity contribution in [3.05, 3.63) is 29.6 Å². The molecule has 0 bridgehead atoms. The molecule has 0 fully saturated rings. The van der Waals surface area contributed by atoms with Crippen molar-refractivity contribution in [3.8, 4) is 0 Å². The second-order valence-electron chi connectivity index (χ2n) is 5.41. The molecular weight excluding hydrogens is 248 g/mol. The second kappa shape index (κ2) is 5.80. The molecule has 1 aromatic heterocycles. The van der Waals surface area contributed by atoms with E-state index in [1.54, 1.807) is 27.0 Å². The van der Waals surface area contributed by atoms with Crippen LogP contribution in [0.1, 0.15) is 31.9 Å². The minimum Gasteiger partial charge on any atom is -0.312 e. The maximum atomic E-state index is 11.9. The van der Waals surface area contributed by atoms with Crippen LogP contribution in [-0.2, 0) is 16.4 Å². The van der Waals surface area contributed by atoms with Crippen LogP contribution >= 0.6 is 0 Å². The zero-order chi connectivity index (χ0) is 13.8. The van der Waals surface area contributed by atoms with Crippen molar-refractivity contribution in [2.75, 3.05) is 12.3 Å². The summed E-state index contributed by atoms with van der Waals surface area (Å²) in [5.41, 5.74) is 2.27. The molecule has 0 spiro atoms. The molecule has 102 valence electrons. The van der Waals surface area contributed by atoms with Gasteiger partial charge in [0.2, 0.25) is 0 Å². The van der Waals surface area contributed by atoms with Crippen LogP contribution in [0.2, 0.25) is 0 Å². The fraction of sp³-hybridized carbons (Fsp3) is 0.615. The molecule has 0 saturated carbocycles. The predicted molar refractivity (Wildman–Crippen MR) is 74.2 cm³/mol. The summed E-state index contributed by atoms with van der Waals surface area (Å²) >= 11 is 0. The lowest BCUT2D eigenvalue weighted by molar-refractivity contribution is 0.556.